The Kier molecular flexibility index (Phi) is 3.12. The van der Waals surface area contributed by atoms with Gasteiger partial charge in [0.05, 0.1) is 6.07 Å². The first-order valence-electron chi connectivity index (χ1n) is 4.47. The van der Waals surface area contributed by atoms with E-state index in [1.54, 1.807) is 0 Å². The molecule has 1 aromatic heterocycles. The molecular weight excluding hydrogens is 168 g/mol. The third kappa shape index (κ3) is 2.61. The Labute approximate surface area is 77.0 Å². The summed E-state index contributed by atoms with van der Waals surface area (Å²) >= 11 is 0. The number of hydrogen-bond donors (Lipinski definition) is 1. The minimum absolute atomic E-state index is 0.0193. The summed E-state index contributed by atoms with van der Waals surface area (Å²) in [7, 11) is 0. The molecule has 0 bridgehead atoms. The van der Waals surface area contributed by atoms with Gasteiger partial charge in [-0.2, -0.15) is 0 Å². The highest BCUT2D eigenvalue weighted by atomic mass is 16.4. The van der Waals surface area contributed by atoms with Gasteiger partial charge in [0, 0.05) is 12.0 Å². The SMILES string of the molecule is CCC[C@@H](C)c1cc(O)cc(=O)o1. The van der Waals surface area contributed by atoms with Gasteiger partial charge in [0.25, 0.3) is 0 Å². The van der Waals surface area contributed by atoms with Crippen molar-refractivity contribution in [3.8, 4) is 5.75 Å². The highest BCUT2D eigenvalue weighted by Gasteiger charge is 2.08. The Hall–Kier alpha value is -1.25. The molecule has 3 nitrogen and oxygen atoms in total. The first-order valence-corrected chi connectivity index (χ1v) is 4.47. The van der Waals surface area contributed by atoms with Gasteiger partial charge in [-0.05, 0) is 6.42 Å². The van der Waals surface area contributed by atoms with Crippen molar-refractivity contribution in [1.82, 2.24) is 0 Å². The van der Waals surface area contributed by atoms with Gasteiger partial charge >= 0.3 is 5.63 Å². The summed E-state index contributed by atoms with van der Waals surface area (Å²) in [5, 5.41) is 9.15. The maximum Gasteiger partial charge on any atom is 0.339 e. The number of hydrogen-bond acceptors (Lipinski definition) is 3. The highest BCUT2D eigenvalue weighted by Crippen LogP contribution is 2.21. The van der Waals surface area contributed by atoms with Crippen molar-refractivity contribution in [2.75, 3.05) is 0 Å². The summed E-state index contributed by atoms with van der Waals surface area (Å²) in [5.41, 5.74) is -0.488. The van der Waals surface area contributed by atoms with Crippen molar-refractivity contribution in [1.29, 1.82) is 0 Å². The van der Waals surface area contributed by atoms with Crippen LogP contribution in [0.25, 0.3) is 0 Å². The van der Waals surface area contributed by atoms with Crippen LogP contribution in [0.1, 0.15) is 38.4 Å². The molecule has 1 heterocycles. The second-order valence-corrected chi connectivity index (χ2v) is 3.23. The molecule has 1 atom stereocenters. The largest absolute Gasteiger partial charge is 0.508 e. The lowest BCUT2D eigenvalue weighted by molar-refractivity contribution is 0.398. The molecule has 3 heteroatoms. The van der Waals surface area contributed by atoms with E-state index in [1.165, 1.54) is 6.07 Å². The lowest BCUT2D eigenvalue weighted by Crippen LogP contribution is -2.01. The predicted octanol–water partition coefficient (Wildman–Crippen LogP) is 2.25. The predicted molar refractivity (Wildman–Crippen MR) is 50.0 cm³/mol. The average molecular weight is 182 g/mol. The smallest absolute Gasteiger partial charge is 0.339 e. The Morgan fingerprint density at radius 2 is 2.23 bits per heavy atom. The molecule has 0 aliphatic rings. The van der Waals surface area contributed by atoms with Crippen molar-refractivity contribution < 1.29 is 9.52 Å². The van der Waals surface area contributed by atoms with Gasteiger partial charge in [0.2, 0.25) is 0 Å². The summed E-state index contributed by atoms with van der Waals surface area (Å²) in [5.74, 6) is 0.728. The second-order valence-electron chi connectivity index (χ2n) is 3.23. The lowest BCUT2D eigenvalue weighted by atomic mass is 10.0. The van der Waals surface area contributed by atoms with E-state index < -0.39 is 5.63 Å². The maximum atomic E-state index is 10.9. The van der Waals surface area contributed by atoms with Crippen LogP contribution in [0.5, 0.6) is 5.75 Å². The molecule has 0 unspecified atom stereocenters. The molecule has 0 aliphatic heterocycles. The first kappa shape index (κ1) is 9.84. The molecule has 0 saturated heterocycles. The third-order valence-corrected chi connectivity index (χ3v) is 1.98. The van der Waals surface area contributed by atoms with E-state index >= 15 is 0 Å². The van der Waals surface area contributed by atoms with Crippen molar-refractivity contribution in [3.63, 3.8) is 0 Å². The van der Waals surface area contributed by atoms with Crippen molar-refractivity contribution >= 4 is 0 Å². The summed E-state index contributed by atoms with van der Waals surface area (Å²) in [6.07, 6.45) is 1.98. The quantitative estimate of drug-likeness (QED) is 0.779. The Balaban J connectivity index is 2.94. The fraction of sp³-hybridized carbons (Fsp3) is 0.500. The summed E-state index contributed by atoms with van der Waals surface area (Å²) < 4.78 is 4.96. The lowest BCUT2D eigenvalue weighted by Gasteiger charge is -2.07. The van der Waals surface area contributed by atoms with Crippen LogP contribution in [-0.4, -0.2) is 5.11 Å². The Morgan fingerprint density at radius 1 is 1.54 bits per heavy atom. The van der Waals surface area contributed by atoms with Crippen molar-refractivity contribution in [3.05, 3.63) is 28.3 Å². The molecule has 1 N–H and O–H groups in total. The minimum Gasteiger partial charge on any atom is -0.508 e. The van der Waals surface area contributed by atoms with Gasteiger partial charge in [-0.15, -0.1) is 0 Å². The van der Waals surface area contributed by atoms with Crippen LogP contribution >= 0.6 is 0 Å². The van der Waals surface area contributed by atoms with Crippen LogP contribution in [0.3, 0.4) is 0 Å². The van der Waals surface area contributed by atoms with E-state index in [-0.39, 0.29) is 11.7 Å². The number of rotatable bonds is 3. The van der Waals surface area contributed by atoms with E-state index in [4.69, 9.17) is 9.52 Å². The Bertz CT molecular complexity index is 327. The first-order chi connectivity index (χ1) is 6.13. The van der Waals surface area contributed by atoms with Crippen molar-refractivity contribution in [2.45, 2.75) is 32.6 Å². The normalized spacial score (nSPS) is 12.8. The fourth-order valence-corrected chi connectivity index (χ4v) is 1.30. The van der Waals surface area contributed by atoms with Crippen molar-refractivity contribution in [2.24, 2.45) is 0 Å². The van der Waals surface area contributed by atoms with Crippen LogP contribution in [0.15, 0.2) is 21.3 Å². The van der Waals surface area contributed by atoms with E-state index in [1.807, 2.05) is 6.92 Å². The average Bonchev–Trinajstić information content (AvgIpc) is 2.03. The second kappa shape index (κ2) is 4.12. The molecule has 0 saturated carbocycles. The molecule has 1 rings (SSSR count). The number of aromatic hydroxyl groups is 1. The Morgan fingerprint density at radius 3 is 2.77 bits per heavy atom. The molecule has 0 amide bonds. The summed E-state index contributed by atoms with van der Waals surface area (Å²) in [6.45, 7) is 4.04. The maximum absolute atomic E-state index is 10.9. The fourth-order valence-electron chi connectivity index (χ4n) is 1.30. The molecule has 0 spiro atoms. The molecule has 13 heavy (non-hydrogen) atoms. The molecule has 0 aromatic carbocycles. The van der Waals surface area contributed by atoms with Gasteiger partial charge in [-0.3, -0.25) is 0 Å². The van der Waals surface area contributed by atoms with Gasteiger partial charge in [-0.25, -0.2) is 4.79 Å². The van der Waals surface area contributed by atoms with Crippen LogP contribution in [0, 0.1) is 0 Å². The van der Waals surface area contributed by atoms with E-state index in [0.717, 1.165) is 18.9 Å². The van der Waals surface area contributed by atoms with Gasteiger partial charge in [0.1, 0.15) is 11.5 Å². The monoisotopic (exact) mass is 182 g/mol. The topological polar surface area (TPSA) is 50.4 Å². The summed E-state index contributed by atoms with van der Waals surface area (Å²) in [6, 6.07) is 2.57. The van der Waals surface area contributed by atoms with Crippen LogP contribution < -0.4 is 5.63 Å². The van der Waals surface area contributed by atoms with E-state index in [2.05, 4.69) is 6.92 Å². The van der Waals surface area contributed by atoms with Gasteiger partial charge in [0.15, 0.2) is 0 Å². The third-order valence-electron chi connectivity index (χ3n) is 1.98. The van der Waals surface area contributed by atoms with E-state index in [9.17, 15) is 4.79 Å². The zero-order chi connectivity index (χ0) is 9.84. The van der Waals surface area contributed by atoms with E-state index in [0.29, 0.717) is 5.76 Å². The van der Waals surface area contributed by atoms with Crippen LogP contribution in [-0.2, 0) is 0 Å². The molecular formula is C10H14O3. The zero-order valence-corrected chi connectivity index (χ0v) is 7.91. The summed E-state index contributed by atoms with van der Waals surface area (Å²) in [4.78, 5) is 10.9. The molecule has 0 aliphatic carbocycles. The molecule has 1 aromatic rings. The minimum atomic E-state index is -0.488. The molecule has 0 fully saturated rings. The van der Waals surface area contributed by atoms with Crippen LogP contribution in [0.4, 0.5) is 0 Å². The zero-order valence-electron chi connectivity index (χ0n) is 7.91. The molecule has 72 valence electrons. The standard InChI is InChI=1S/C10H14O3/c1-3-4-7(2)9-5-8(11)6-10(12)13-9/h5-7,11H,3-4H2,1-2H3/t7-/m1/s1. The van der Waals surface area contributed by atoms with Gasteiger partial charge in [-0.1, -0.05) is 20.3 Å². The highest BCUT2D eigenvalue weighted by molar-refractivity contribution is 5.20. The van der Waals surface area contributed by atoms with Crippen LogP contribution in [0.2, 0.25) is 0 Å². The van der Waals surface area contributed by atoms with Gasteiger partial charge < -0.3 is 9.52 Å². The molecule has 0 radical (unpaired) electrons.